The number of epoxide rings is 1. The number of nitrogens with one attached hydrogen (secondary N) is 2. The first-order valence-electron chi connectivity index (χ1n) is 26.0. The Labute approximate surface area is 453 Å². The summed E-state index contributed by atoms with van der Waals surface area (Å²) in [6.07, 6.45) is 4.40. The number of anilines is 1. The number of likely N-dealkylation sites (tertiary alicyclic amines) is 1. The summed E-state index contributed by atoms with van der Waals surface area (Å²) in [4.78, 5) is 109. The zero-order valence-electron chi connectivity index (χ0n) is 44.7. The van der Waals surface area contributed by atoms with E-state index in [9.17, 15) is 43.5 Å². The molecular formula is C53H75ClN6O15S. The van der Waals surface area contributed by atoms with Crippen LogP contribution in [0.4, 0.5) is 10.5 Å². The molecule has 6 rings (SSSR count). The molecule has 4 fully saturated rings. The van der Waals surface area contributed by atoms with Crippen molar-refractivity contribution in [2.45, 2.75) is 158 Å². The number of unbranched alkanes of at least 4 members (excludes halogenated alkanes) is 1. The van der Waals surface area contributed by atoms with Gasteiger partial charge in [-0.25, -0.2) is 9.59 Å². The summed E-state index contributed by atoms with van der Waals surface area (Å²) in [6, 6.07) is 1.47. The first-order valence-corrected chi connectivity index (χ1v) is 27.4. The number of carbonyl (C=O) groups is 8. The average molecular weight is 1100 g/mol. The summed E-state index contributed by atoms with van der Waals surface area (Å²) in [7, 11) is 5.87. The van der Waals surface area contributed by atoms with Gasteiger partial charge in [-0.3, -0.25) is 39.0 Å². The highest BCUT2D eigenvalue weighted by Gasteiger charge is 2.64. The zero-order valence-corrected chi connectivity index (χ0v) is 46.2. The molecule has 4 heterocycles. The number of aliphatic hydroxyl groups is 1. The molecule has 10 unspecified atom stereocenters. The van der Waals surface area contributed by atoms with Gasteiger partial charge < -0.3 is 54.7 Å². The molecule has 4 aliphatic heterocycles. The molecule has 4 bridgehead atoms. The Kier molecular flexibility index (Phi) is 20.5. The molecule has 1 saturated carbocycles. The first-order chi connectivity index (χ1) is 35.9. The van der Waals surface area contributed by atoms with E-state index < -0.39 is 95.3 Å². The molecule has 0 aromatic heterocycles. The van der Waals surface area contributed by atoms with Crippen molar-refractivity contribution in [2.24, 2.45) is 23.5 Å². The molecule has 10 atom stereocenters. The maximum Gasteiger partial charge on any atom is 0.409 e. The quantitative estimate of drug-likeness (QED) is 0.0594. The van der Waals surface area contributed by atoms with Crippen LogP contribution in [-0.4, -0.2) is 168 Å². The fraction of sp³-hybridized carbons (Fsp3) is 0.660. The van der Waals surface area contributed by atoms with Gasteiger partial charge in [0.05, 0.1) is 30.6 Å². The summed E-state index contributed by atoms with van der Waals surface area (Å²) in [6.45, 7) is 7.53. The fourth-order valence-electron chi connectivity index (χ4n) is 10.5. The highest BCUT2D eigenvalue weighted by Crippen LogP contribution is 2.49. The maximum atomic E-state index is 14.4. The number of imide groups is 1. The SMILES string of the molecule is COc1cc2cc(c1Cl)N(C)C(=O)CC(OC(=O)C(C)N(C)C(=O)CCSC1CC(=O)N(CC3CCC(C(=O)NCCCCC(N)C(=O)O)CC3)C1=O)C1(C)OC1C(C)C1CC(O)(NC(=O)O1)C(OC)C=CC=C(C)C2. The van der Waals surface area contributed by atoms with E-state index in [2.05, 4.69) is 10.6 Å². The third-order valence-electron chi connectivity index (χ3n) is 15.6. The molecule has 0 radical (unpaired) electrons. The summed E-state index contributed by atoms with van der Waals surface area (Å²) >= 11 is 8.02. The van der Waals surface area contributed by atoms with Gasteiger partial charge >= 0.3 is 18.0 Å². The van der Waals surface area contributed by atoms with Crippen LogP contribution >= 0.6 is 23.4 Å². The smallest absolute Gasteiger partial charge is 0.409 e. The number of allylic oxidation sites excluding steroid dienone is 3. The van der Waals surface area contributed by atoms with E-state index in [1.807, 2.05) is 13.0 Å². The number of alkyl carbamates (subject to hydrolysis) is 1. The van der Waals surface area contributed by atoms with Gasteiger partial charge in [0.15, 0.2) is 5.72 Å². The molecule has 6 N–H and O–H groups in total. The number of ether oxygens (including phenoxy) is 5. The summed E-state index contributed by atoms with van der Waals surface area (Å²) in [5, 5.41) is 25.7. The molecule has 3 saturated heterocycles. The third kappa shape index (κ3) is 14.5. The topological polar surface area (TPSA) is 286 Å². The lowest BCUT2D eigenvalue weighted by atomic mass is 9.81. The molecule has 6 amide bonds. The number of hydrogen-bond acceptors (Lipinski definition) is 16. The van der Waals surface area contributed by atoms with Gasteiger partial charge in [-0.1, -0.05) is 42.3 Å². The van der Waals surface area contributed by atoms with E-state index in [1.54, 1.807) is 45.2 Å². The van der Waals surface area contributed by atoms with Crippen molar-refractivity contribution in [3.63, 3.8) is 0 Å². The number of hydrogen-bond donors (Lipinski definition) is 5. The second-order valence-electron chi connectivity index (χ2n) is 21.0. The number of nitrogens with zero attached hydrogens (tertiary/aromatic N) is 3. The van der Waals surface area contributed by atoms with Gasteiger partial charge in [0.25, 0.3) is 0 Å². The Morgan fingerprint density at radius 2 is 1.79 bits per heavy atom. The van der Waals surface area contributed by atoms with E-state index in [0.29, 0.717) is 69.3 Å². The monoisotopic (exact) mass is 1100 g/mol. The number of methoxy groups -OCH3 is 2. The lowest BCUT2D eigenvalue weighted by Crippen LogP contribution is -2.63. The Bertz CT molecular complexity index is 2420. The average Bonchev–Trinajstić information content (AvgIpc) is 4.01. The number of carboxylic acids is 1. The van der Waals surface area contributed by atoms with Crippen LogP contribution in [0.25, 0.3) is 0 Å². The Balaban J connectivity index is 1.07. The maximum absolute atomic E-state index is 14.4. The molecule has 76 heavy (non-hydrogen) atoms. The molecule has 420 valence electrons. The van der Waals surface area contributed by atoms with Crippen LogP contribution in [0.1, 0.15) is 104 Å². The number of halogens is 1. The lowest BCUT2D eigenvalue weighted by molar-refractivity contribution is -0.162. The van der Waals surface area contributed by atoms with Crippen LogP contribution in [0.2, 0.25) is 5.02 Å². The number of amides is 6. The number of nitrogens with two attached hydrogens (primary N) is 1. The van der Waals surface area contributed by atoms with Gasteiger partial charge in [-0.05, 0) is 95.8 Å². The molecule has 1 aromatic carbocycles. The van der Waals surface area contributed by atoms with Crippen molar-refractivity contribution in [3.8, 4) is 5.75 Å². The molecule has 21 nitrogen and oxygen atoms in total. The van der Waals surface area contributed by atoms with Crippen LogP contribution in [0, 0.1) is 17.8 Å². The van der Waals surface area contributed by atoms with Crippen LogP contribution in [0.5, 0.6) is 5.75 Å². The van der Waals surface area contributed by atoms with Crippen LogP contribution in [-0.2, 0) is 58.9 Å². The molecule has 1 aliphatic carbocycles. The van der Waals surface area contributed by atoms with Crippen molar-refractivity contribution in [3.05, 3.63) is 46.5 Å². The fourth-order valence-corrected chi connectivity index (χ4v) is 11.9. The number of rotatable bonds is 18. The number of thioether (sulfide) groups is 1. The molecular weight excluding hydrogens is 1030 g/mol. The number of carboxylic acid groups (broad SMARTS) is 1. The number of benzene rings is 1. The summed E-state index contributed by atoms with van der Waals surface area (Å²) in [5.41, 5.74) is 4.34. The standard InChI is InChI=1S/C53H75ClN6O15S/c1-29-12-11-14-40(72-8)53(70)27-38(73-51(69)57-53)30(2)46-52(4,75-46)41(26-43(62)59(6)36-23-33(22-29)24-37(71-7)45(36)54)74-50(68)31(3)58(5)42(61)19-21-76-39-25-44(63)60(48(39)65)28-32-15-17-34(18-16-32)47(64)56-20-10-9-13-35(55)49(66)67/h11-12,14,23-24,30-32,34-35,38-41,46,70H,9-10,13,15-22,25-28,55H2,1-8H3,(H,56,64)(H,57,69)(H,66,67). The highest BCUT2D eigenvalue weighted by atomic mass is 35.5. The second kappa shape index (κ2) is 25.9. The molecule has 23 heteroatoms. The second-order valence-corrected chi connectivity index (χ2v) is 22.7. The minimum Gasteiger partial charge on any atom is -0.495 e. The summed E-state index contributed by atoms with van der Waals surface area (Å²) < 4.78 is 29.5. The zero-order chi connectivity index (χ0) is 55.8. The number of likely N-dealkylation sites (N-methyl/N-ethyl adjacent to an activating group) is 1. The van der Waals surface area contributed by atoms with E-state index >= 15 is 0 Å². The van der Waals surface area contributed by atoms with E-state index in [4.69, 9.17) is 46.1 Å². The number of aliphatic carboxylic acids is 1. The normalized spacial score (nSPS) is 29.8. The van der Waals surface area contributed by atoms with Crippen molar-refractivity contribution < 1.29 is 72.3 Å². The first kappa shape index (κ1) is 60.0. The molecule has 0 spiro atoms. The minimum absolute atomic E-state index is 0.00468. The Hall–Kier alpha value is -5.26. The van der Waals surface area contributed by atoms with Crippen molar-refractivity contribution in [2.75, 3.05) is 52.1 Å². The van der Waals surface area contributed by atoms with Crippen molar-refractivity contribution >= 4 is 76.6 Å². The van der Waals surface area contributed by atoms with Crippen molar-refractivity contribution in [1.82, 2.24) is 20.4 Å². The highest BCUT2D eigenvalue weighted by molar-refractivity contribution is 8.00. The van der Waals surface area contributed by atoms with E-state index in [0.717, 1.165) is 11.1 Å². The third-order valence-corrected chi connectivity index (χ3v) is 17.2. The number of fused-ring (bicyclic) bond motifs is 5. The predicted molar refractivity (Wildman–Crippen MR) is 281 cm³/mol. The molecule has 1 aromatic rings. The lowest BCUT2D eigenvalue weighted by Gasteiger charge is -2.42. The molecule has 5 aliphatic rings. The van der Waals surface area contributed by atoms with Crippen LogP contribution in [0.3, 0.4) is 0 Å². The van der Waals surface area contributed by atoms with Crippen molar-refractivity contribution in [1.29, 1.82) is 0 Å². The van der Waals surface area contributed by atoms with Crippen LogP contribution < -0.4 is 26.0 Å². The van der Waals surface area contributed by atoms with Gasteiger partial charge in [-0.2, -0.15) is 0 Å². The van der Waals surface area contributed by atoms with Gasteiger partial charge in [0.2, 0.25) is 29.5 Å². The number of carbonyl (C=O) groups excluding carboxylic acids is 7. The van der Waals surface area contributed by atoms with E-state index in [-0.39, 0.29) is 66.1 Å². The predicted octanol–water partition coefficient (Wildman–Crippen LogP) is 4.27. The number of esters is 1. The van der Waals surface area contributed by atoms with Gasteiger partial charge in [0, 0.05) is 71.1 Å². The van der Waals surface area contributed by atoms with Gasteiger partial charge in [0.1, 0.15) is 46.8 Å². The Morgan fingerprint density at radius 3 is 2.46 bits per heavy atom. The Morgan fingerprint density at radius 1 is 1.08 bits per heavy atom. The van der Waals surface area contributed by atoms with E-state index in [1.165, 1.54) is 54.7 Å². The van der Waals surface area contributed by atoms with Crippen LogP contribution in [0.15, 0.2) is 35.9 Å². The minimum atomic E-state index is -1.89. The largest absolute Gasteiger partial charge is 0.495 e. The summed E-state index contributed by atoms with van der Waals surface area (Å²) in [5.74, 6) is -3.68. The van der Waals surface area contributed by atoms with Gasteiger partial charge in [-0.15, -0.1) is 11.8 Å².